The van der Waals surface area contributed by atoms with Gasteiger partial charge in [-0.05, 0) is 50.5 Å². The Hall–Kier alpha value is -2.27. The Balaban J connectivity index is 2.35. The van der Waals surface area contributed by atoms with Gasteiger partial charge in [-0.15, -0.1) is 11.6 Å². The molecule has 0 amide bonds. The molecule has 0 radical (unpaired) electrons. The third kappa shape index (κ3) is 5.10. The van der Waals surface area contributed by atoms with E-state index < -0.39 is 0 Å². The van der Waals surface area contributed by atoms with Gasteiger partial charge in [0.05, 0.1) is 31.4 Å². The highest BCUT2D eigenvalue weighted by Gasteiger charge is 2.12. The van der Waals surface area contributed by atoms with E-state index in [1.807, 2.05) is 42.0 Å². The lowest BCUT2D eigenvalue weighted by Gasteiger charge is -2.11. The first kappa shape index (κ1) is 19.1. The van der Waals surface area contributed by atoms with Crippen LogP contribution in [0.1, 0.15) is 31.0 Å². The van der Waals surface area contributed by atoms with Crippen molar-refractivity contribution in [3.8, 4) is 11.4 Å². The van der Waals surface area contributed by atoms with Crippen LogP contribution in [0.4, 0.5) is 0 Å². The first-order valence-electron chi connectivity index (χ1n) is 8.21. The average Bonchev–Trinajstić information content (AvgIpc) is 3.04. The molecule has 0 fully saturated rings. The lowest BCUT2D eigenvalue weighted by Crippen LogP contribution is -2.08. The Bertz CT molecular complexity index is 753. The molecule has 6 heteroatoms. The van der Waals surface area contributed by atoms with Crippen molar-refractivity contribution in [3.05, 3.63) is 47.6 Å². The van der Waals surface area contributed by atoms with Crippen LogP contribution < -0.4 is 4.74 Å². The molecular formula is C19H23ClN2O3. The number of esters is 1. The summed E-state index contributed by atoms with van der Waals surface area (Å²) in [5, 5.41) is 0. The molecule has 0 saturated heterocycles. The fourth-order valence-electron chi connectivity index (χ4n) is 2.47. The van der Waals surface area contributed by atoms with Crippen LogP contribution in [0, 0.1) is 6.92 Å². The van der Waals surface area contributed by atoms with E-state index in [0.717, 1.165) is 23.4 Å². The molecule has 0 unspecified atom stereocenters. The number of nitrogens with zero attached hydrogens (tertiary/aromatic N) is 2. The second-order valence-corrected chi connectivity index (χ2v) is 5.91. The van der Waals surface area contributed by atoms with Gasteiger partial charge in [0.15, 0.2) is 0 Å². The number of aromatic nitrogens is 2. The molecule has 2 rings (SSSR count). The van der Waals surface area contributed by atoms with Gasteiger partial charge in [-0.1, -0.05) is 6.07 Å². The van der Waals surface area contributed by atoms with Crippen molar-refractivity contribution in [1.29, 1.82) is 0 Å². The number of carbonyl (C=O) groups is 1. The predicted molar refractivity (Wildman–Crippen MR) is 99.4 cm³/mol. The molecule has 0 aliphatic rings. The summed E-state index contributed by atoms with van der Waals surface area (Å²) in [4.78, 5) is 16.4. The summed E-state index contributed by atoms with van der Waals surface area (Å²) >= 11 is 5.76. The van der Waals surface area contributed by atoms with Crippen LogP contribution in [0.15, 0.2) is 36.3 Å². The Morgan fingerprint density at radius 1 is 1.40 bits per heavy atom. The number of ether oxygens (including phenoxy) is 2. The monoisotopic (exact) mass is 362 g/mol. The molecule has 0 aliphatic carbocycles. The number of methoxy groups -OCH3 is 1. The van der Waals surface area contributed by atoms with E-state index >= 15 is 0 Å². The molecule has 0 aliphatic heterocycles. The van der Waals surface area contributed by atoms with Gasteiger partial charge >= 0.3 is 5.97 Å². The van der Waals surface area contributed by atoms with Crippen LogP contribution in [0.5, 0.6) is 5.75 Å². The van der Waals surface area contributed by atoms with Crippen molar-refractivity contribution in [1.82, 2.24) is 9.55 Å². The van der Waals surface area contributed by atoms with Gasteiger partial charge in [0.1, 0.15) is 5.75 Å². The second-order valence-electron chi connectivity index (χ2n) is 5.54. The van der Waals surface area contributed by atoms with Crippen LogP contribution >= 0.6 is 11.6 Å². The quantitative estimate of drug-likeness (QED) is 0.402. The van der Waals surface area contributed by atoms with Gasteiger partial charge in [-0.2, -0.15) is 0 Å². The summed E-state index contributed by atoms with van der Waals surface area (Å²) in [5.41, 5.74) is 3.29. The molecule has 0 saturated carbocycles. The molecule has 0 bridgehead atoms. The van der Waals surface area contributed by atoms with E-state index in [4.69, 9.17) is 21.1 Å². The maximum atomic E-state index is 12.1. The second kappa shape index (κ2) is 9.28. The van der Waals surface area contributed by atoms with Gasteiger partial charge in [0.25, 0.3) is 0 Å². The SMILES string of the molecule is CCOC(=O)C(=Cc1ccc(-n2cnc(C)c2)c(OC)c1)CCCCl. The van der Waals surface area contributed by atoms with Gasteiger partial charge < -0.3 is 14.0 Å². The van der Waals surface area contributed by atoms with E-state index in [1.54, 1.807) is 20.4 Å². The van der Waals surface area contributed by atoms with Crippen molar-refractivity contribution >= 4 is 23.6 Å². The minimum absolute atomic E-state index is 0.305. The molecule has 2 aromatic rings. The zero-order valence-electron chi connectivity index (χ0n) is 14.8. The molecule has 0 spiro atoms. The number of hydrogen-bond donors (Lipinski definition) is 0. The standard InChI is InChI=1S/C19H23ClN2O3/c1-4-25-19(23)16(6-5-9-20)10-15-7-8-17(18(11-15)24-3)22-12-14(2)21-13-22/h7-8,10-13H,4-6,9H2,1-3H3. The third-order valence-corrected chi connectivity index (χ3v) is 3.92. The van der Waals surface area contributed by atoms with Crippen LogP contribution in [-0.2, 0) is 9.53 Å². The lowest BCUT2D eigenvalue weighted by molar-refractivity contribution is -0.138. The summed E-state index contributed by atoms with van der Waals surface area (Å²) < 4.78 is 12.5. The van der Waals surface area contributed by atoms with E-state index in [1.165, 1.54) is 0 Å². The molecule has 5 nitrogen and oxygen atoms in total. The maximum Gasteiger partial charge on any atom is 0.334 e. The molecule has 25 heavy (non-hydrogen) atoms. The molecule has 1 heterocycles. The third-order valence-electron chi connectivity index (χ3n) is 3.65. The van der Waals surface area contributed by atoms with Gasteiger partial charge in [-0.3, -0.25) is 0 Å². The van der Waals surface area contributed by atoms with E-state index in [9.17, 15) is 4.79 Å². The number of halogens is 1. The normalized spacial score (nSPS) is 11.4. The Morgan fingerprint density at radius 2 is 2.20 bits per heavy atom. The summed E-state index contributed by atoms with van der Waals surface area (Å²) in [6, 6.07) is 5.77. The number of imidazole rings is 1. The average molecular weight is 363 g/mol. The van der Waals surface area contributed by atoms with Gasteiger partial charge in [-0.25, -0.2) is 9.78 Å². The summed E-state index contributed by atoms with van der Waals surface area (Å²) in [7, 11) is 1.62. The highest BCUT2D eigenvalue weighted by Crippen LogP contribution is 2.26. The summed E-state index contributed by atoms with van der Waals surface area (Å²) in [6.45, 7) is 4.07. The van der Waals surface area contributed by atoms with Crippen molar-refractivity contribution in [2.75, 3.05) is 19.6 Å². The minimum atomic E-state index is -0.305. The largest absolute Gasteiger partial charge is 0.495 e. The highest BCUT2D eigenvalue weighted by molar-refractivity contribution is 6.17. The highest BCUT2D eigenvalue weighted by atomic mass is 35.5. The van der Waals surface area contributed by atoms with Crippen LogP contribution in [-0.4, -0.2) is 35.1 Å². The number of aryl methyl sites for hydroxylation is 1. The van der Waals surface area contributed by atoms with Crippen LogP contribution in [0.2, 0.25) is 0 Å². The van der Waals surface area contributed by atoms with Crippen molar-refractivity contribution in [3.63, 3.8) is 0 Å². The molecule has 1 aromatic heterocycles. The number of carbonyl (C=O) groups excluding carboxylic acids is 1. The lowest BCUT2D eigenvalue weighted by atomic mass is 10.1. The Morgan fingerprint density at radius 3 is 2.80 bits per heavy atom. The number of benzene rings is 1. The minimum Gasteiger partial charge on any atom is -0.495 e. The molecule has 0 N–H and O–H groups in total. The molecule has 1 aromatic carbocycles. The van der Waals surface area contributed by atoms with Crippen molar-refractivity contribution in [2.24, 2.45) is 0 Å². The van der Waals surface area contributed by atoms with Crippen molar-refractivity contribution in [2.45, 2.75) is 26.7 Å². The predicted octanol–water partition coefficient (Wildman–Crippen LogP) is 4.15. The van der Waals surface area contributed by atoms with E-state index in [0.29, 0.717) is 30.2 Å². The number of rotatable bonds is 8. The number of alkyl halides is 1. The zero-order chi connectivity index (χ0) is 18.2. The van der Waals surface area contributed by atoms with E-state index in [2.05, 4.69) is 4.98 Å². The Kier molecular flexibility index (Phi) is 7.07. The molecule has 0 atom stereocenters. The fraction of sp³-hybridized carbons (Fsp3) is 0.368. The molecule has 134 valence electrons. The smallest absolute Gasteiger partial charge is 0.334 e. The summed E-state index contributed by atoms with van der Waals surface area (Å²) in [6.07, 6.45) is 6.80. The maximum absolute atomic E-state index is 12.1. The summed E-state index contributed by atoms with van der Waals surface area (Å²) in [5.74, 6) is 0.895. The number of hydrogen-bond acceptors (Lipinski definition) is 4. The topological polar surface area (TPSA) is 53.4 Å². The Labute approximate surface area is 153 Å². The van der Waals surface area contributed by atoms with Gasteiger partial charge in [0, 0.05) is 17.6 Å². The zero-order valence-corrected chi connectivity index (χ0v) is 15.5. The van der Waals surface area contributed by atoms with Crippen molar-refractivity contribution < 1.29 is 14.3 Å². The van der Waals surface area contributed by atoms with E-state index in [-0.39, 0.29) is 5.97 Å². The van der Waals surface area contributed by atoms with Crippen LogP contribution in [0.3, 0.4) is 0 Å². The molecular weight excluding hydrogens is 340 g/mol. The van der Waals surface area contributed by atoms with Crippen LogP contribution in [0.25, 0.3) is 11.8 Å². The first-order valence-corrected chi connectivity index (χ1v) is 8.75. The first-order chi connectivity index (χ1) is 12.1. The van der Waals surface area contributed by atoms with Gasteiger partial charge in [0.2, 0.25) is 0 Å². The fourth-order valence-corrected chi connectivity index (χ4v) is 2.60.